The van der Waals surface area contributed by atoms with Gasteiger partial charge in [0.25, 0.3) is 5.91 Å². The van der Waals surface area contributed by atoms with Crippen molar-refractivity contribution in [1.29, 1.82) is 0 Å². The van der Waals surface area contributed by atoms with Crippen molar-refractivity contribution < 1.29 is 17.9 Å². The second-order valence-corrected chi connectivity index (χ2v) is 8.15. The van der Waals surface area contributed by atoms with Gasteiger partial charge in [0.15, 0.2) is 0 Å². The van der Waals surface area contributed by atoms with Gasteiger partial charge in [-0.1, -0.05) is 25.7 Å². The van der Waals surface area contributed by atoms with Crippen molar-refractivity contribution in [1.82, 2.24) is 10.0 Å². The Bertz CT molecular complexity index is 636. The topological polar surface area (TPSA) is 84.5 Å². The number of hydrogen-bond donors (Lipinski definition) is 2. The molecule has 1 fully saturated rings. The van der Waals surface area contributed by atoms with E-state index in [1.165, 1.54) is 25.0 Å². The number of ether oxygens (including phenoxy) is 1. The summed E-state index contributed by atoms with van der Waals surface area (Å²) in [7, 11) is -1.93. The van der Waals surface area contributed by atoms with E-state index in [0.29, 0.717) is 18.7 Å². The number of benzene rings is 1. The van der Waals surface area contributed by atoms with Gasteiger partial charge in [0, 0.05) is 31.9 Å². The van der Waals surface area contributed by atoms with Crippen LogP contribution in [0.2, 0.25) is 0 Å². The highest BCUT2D eigenvalue weighted by atomic mass is 32.2. The number of hydrogen-bond acceptors (Lipinski definition) is 4. The zero-order valence-corrected chi connectivity index (χ0v) is 15.6. The second kappa shape index (κ2) is 9.89. The van der Waals surface area contributed by atoms with Crippen molar-refractivity contribution in [3.05, 3.63) is 29.8 Å². The normalized spacial score (nSPS) is 16.4. The number of carbonyl (C=O) groups is 1. The number of nitrogens with one attached hydrogen (secondary N) is 2. The summed E-state index contributed by atoms with van der Waals surface area (Å²) < 4.78 is 32.8. The van der Waals surface area contributed by atoms with E-state index in [2.05, 4.69) is 10.0 Å². The molecule has 0 aromatic heterocycles. The minimum atomic E-state index is -3.54. The lowest BCUT2D eigenvalue weighted by molar-refractivity contribution is 0.0948. The first-order valence-electron chi connectivity index (χ1n) is 8.92. The summed E-state index contributed by atoms with van der Waals surface area (Å²) in [5, 5.41) is 2.78. The minimum absolute atomic E-state index is 0.0104. The van der Waals surface area contributed by atoms with Crippen molar-refractivity contribution in [2.75, 3.05) is 20.3 Å². The smallest absolute Gasteiger partial charge is 0.251 e. The minimum Gasteiger partial charge on any atom is -0.385 e. The van der Waals surface area contributed by atoms with Crippen LogP contribution in [0.3, 0.4) is 0 Å². The molecular weight excluding hydrogens is 340 g/mol. The molecule has 2 N–H and O–H groups in total. The third-order valence-electron chi connectivity index (χ3n) is 4.41. The zero-order valence-electron chi connectivity index (χ0n) is 14.8. The Morgan fingerprint density at radius 1 is 1.12 bits per heavy atom. The first kappa shape index (κ1) is 19.9. The number of carbonyl (C=O) groups excluding carboxylic acids is 1. The standard InChI is InChI=1S/C18H28N2O4S/c1-24-14-6-13-19-18(21)15-9-11-17(12-10-15)25(22,23)20-16-7-4-2-3-5-8-16/h9-12,16,20H,2-8,13-14H2,1H3,(H,19,21). The largest absolute Gasteiger partial charge is 0.385 e. The molecule has 1 amide bonds. The number of sulfonamides is 1. The Kier molecular flexibility index (Phi) is 7.87. The molecule has 6 nitrogen and oxygen atoms in total. The van der Waals surface area contributed by atoms with E-state index < -0.39 is 10.0 Å². The van der Waals surface area contributed by atoms with E-state index in [0.717, 1.165) is 32.1 Å². The van der Waals surface area contributed by atoms with Crippen LogP contribution in [0, 0.1) is 0 Å². The molecule has 140 valence electrons. The molecule has 0 saturated heterocycles. The quantitative estimate of drug-likeness (QED) is 0.545. The maximum atomic E-state index is 12.5. The van der Waals surface area contributed by atoms with E-state index >= 15 is 0 Å². The van der Waals surface area contributed by atoms with Gasteiger partial charge in [-0.25, -0.2) is 13.1 Å². The maximum Gasteiger partial charge on any atom is 0.251 e. The maximum absolute atomic E-state index is 12.5. The first-order valence-corrected chi connectivity index (χ1v) is 10.4. The molecule has 25 heavy (non-hydrogen) atoms. The van der Waals surface area contributed by atoms with Gasteiger partial charge in [-0.15, -0.1) is 0 Å². The van der Waals surface area contributed by atoms with Crippen LogP contribution in [0.15, 0.2) is 29.2 Å². The Labute approximate surface area is 150 Å². The number of methoxy groups -OCH3 is 1. The van der Waals surface area contributed by atoms with Gasteiger partial charge in [0.1, 0.15) is 0 Å². The van der Waals surface area contributed by atoms with Crippen LogP contribution in [0.25, 0.3) is 0 Å². The Hall–Kier alpha value is -1.44. The third-order valence-corrected chi connectivity index (χ3v) is 5.95. The molecule has 0 atom stereocenters. The van der Waals surface area contributed by atoms with Gasteiger partial charge >= 0.3 is 0 Å². The summed E-state index contributed by atoms with van der Waals surface area (Å²) in [6.07, 6.45) is 6.99. The van der Waals surface area contributed by atoms with Gasteiger partial charge in [-0.2, -0.15) is 0 Å². The Balaban J connectivity index is 1.94. The van der Waals surface area contributed by atoms with E-state index in [9.17, 15) is 13.2 Å². The lowest BCUT2D eigenvalue weighted by Crippen LogP contribution is -2.34. The fourth-order valence-electron chi connectivity index (χ4n) is 2.99. The molecule has 2 rings (SSSR count). The fourth-order valence-corrected chi connectivity index (χ4v) is 4.30. The van der Waals surface area contributed by atoms with Gasteiger partial charge in [-0.05, 0) is 43.5 Å². The molecule has 1 aliphatic rings. The second-order valence-electron chi connectivity index (χ2n) is 6.44. The molecule has 0 unspecified atom stereocenters. The SMILES string of the molecule is COCCCNC(=O)c1ccc(S(=O)(=O)NC2CCCCCC2)cc1. The Morgan fingerprint density at radius 3 is 2.36 bits per heavy atom. The van der Waals surface area contributed by atoms with Gasteiger partial charge in [0.2, 0.25) is 10.0 Å². The molecule has 1 aliphatic carbocycles. The average Bonchev–Trinajstić information content (AvgIpc) is 2.87. The van der Waals surface area contributed by atoms with E-state index in [1.54, 1.807) is 19.2 Å². The van der Waals surface area contributed by atoms with Crippen LogP contribution in [0.4, 0.5) is 0 Å². The molecule has 0 aliphatic heterocycles. The summed E-state index contributed by atoms with van der Waals surface area (Å²) in [5.74, 6) is -0.211. The molecule has 0 spiro atoms. The van der Waals surface area contributed by atoms with E-state index in [4.69, 9.17) is 4.74 Å². The van der Waals surface area contributed by atoms with Crippen molar-refractivity contribution in [3.8, 4) is 0 Å². The van der Waals surface area contributed by atoms with Crippen molar-refractivity contribution in [3.63, 3.8) is 0 Å². The van der Waals surface area contributed by atoms with E-state index in [1.807, 2.05) is 0 Å². The lowest BCUT2D eigenvalue weighted by atomic mass is 10.1. The van der Waals surface area contributed by atoms with Crippen molar-refractivity contribution in [2.45, 2.75) is 55.9 Å². The van der Waals surface area contributed by atoms with Gasteiger partial charge < -0.3 is 10.1 Å². The first-order chi connectivity index (χ1) is 12.0. The van der Waals surface area contributed by atoms with Crippen molar-refractivity contribution >= 4 is 15.9 Å². The summed E-state index contributed by atoms with van der Waals surface area (Å²) in [6, 6.07) is 6.09. The molecule has 0 heterocycles. The average molecular weight is 368 g/mol. The molecular formula is C18H28N2O4S. The summed E-state index contributed by atoms with van der Waals surface area (Å²) in [4.78, 5) is 12.2. The van der Waals surface area contributed by atoms with Crippen LogP contribution in [-0.2, 0) is 14.8 Å². The van der Waals surface area contributed by atoms with E-state index in [-0.39, 0.29) is 16.8 Å². The van der Waals surface area contributed by atoms with Crippen LogP contribution < -0.4 is 10.0 Å². The van der Waals surface area contributed by atoms with Crippen LogP contribution >= 0.6 is 0 Å². The summed E-state index contributed by atoms with van der Waals surface area (Å²) in [5.41, 5.74) is 0.450. The van der Waals surface area contributed by atoms with Crippen LogP contribution in [0.1, 0.15) is 55.3 Å². The molecule has 1 aromatic rings. The highest BCUT2D eigenvalue weighted by Crippen LogP contribution is 2.19. The third kappa shape index (κ3) is 6.41. The van der Waals surface area contributed by atoms with Crippen LogP contribution in [-0.4, -0.2) is 40.6 Å². The monoisotopic (exact) mass is 368 g/mol. The molecule has 1 aromatic carbocycles. The van der Waals surface area contributed by atoms with Crippen LogP contribution in [0.5, 0.6) is 0 Å². The summed E-state index contributed by atoms with van der Waals surface area (Å²) in [6.45, 7) is 1.11. The molecule has 1 saturated carbocycles. The molecule has 0 radical (unpaired) electrons. The van der Waals surface area contributed by atoms with Gasteiger partial charge in [-0.3, -0.25) is 4.79 Å². The highest BCUT2D eigenvalue weighted by molar-refractivity contribution is 7.89. The number of amides is 1. The number of rotatable bonds is 8. The van der Waals surface area contributed by atoms with Gasteiger partial charge in [0.05, 0.1) is 4.90 Å². The zero-order chi connectivity index (χ0) is 18.1. The predicted octanol–water partition coefficient (Wildman–Crippen LogP) is 2.45. The lowest BCUT2D eigenvalue weighted by Gasteiger charge is -2.16. The predicted molar refractivity (Wildman–Crippen MR) is 97.1 cm³/mol. The Morgan fingerprint density at radius 2 is 1.76 bits per heavy atom. The fraction of sp³-hybridized carbons (Fsp3) is 0.611. The van der Waals surface area contributed by atoms with Crippen molar-refractivity contribution in [2.24, 2.45) is 0 Å². The highest BCUT2D eigenvalue weighted by Gasteiger charge is 2.21. The molecule has 7 heteroatoms. The summed E-state index contributed by atoms with van der Waals surface area (Å²) >= 11 is 0. The molecule has 0 bridgehead atoms.